The van der Waals surface area contributed by atoms with Crippen molar-refractivity contribution in [1.29, 1.82) is 0 Å². The number of anilines is 1. The van der Waals surface area contributed by atoms with E-state index < -0.39 is 0 Å². The van der Waals surface area contributed by atoms with Crippen LogP contribution in [0.4, 0.5) is 5.69 Å². The van der Waals surface area contributed by atoms with Crippen molar-refractivity contribution < 1.29 is 9.53 Å². The van der Waals surface area contributed by atoms with Crippen LogP contribution in [0.1, 0.15) is 27.0 Å². The fourth-order valence-corrected chi connectivity index (χ4v) is 2.37. The Bertz CT molecular complexity index is 668. The molecule has 21 heavy (non-hydrogen) atoms. The number of benzene rings is 2. The first-order chi connectivity index (χ1) is 10.0. The molecule has 0 aliphatic rings. The minimum Gasteiger partial charge on any atom is -0.465 e. The normalized spacial score (nSPS) is 10.3. The van der Waals surface area contributed by atoms with Gasteiger partial charge in [-0.3, -0.25) is 0 Å². The Morgan fingerprint density at radius 3 is 2.52 bits per heavy atom. The van der Waals surface area contributed by atoms with E-state index in [1.54, 1.807) is 6.07 Å². The highest BCUT2D eigenvalue weighted by atomic mass is 79.9. The second-order valence-electron chi connectivity index (χ2n) is 4.96. The average Bonchev–Trinajstić information content (AvgIpc) is 2.48. The van der Waals surface area contributed by atoms with E-state index in [0.717, 1.165) is 22.3 Å². The van der Waals surface area contributed by atoms with Crippen molar-refractivity contribution in [2.45, 2.75) is 20.4 Å². The number of hydrogen-bond donors (Lipinski definition) is 1. The van der Waals surface area contributed by atoms with Crippen molar-refractivity contribution in [3.8, 4) is 0 Å². The van der Waals surface area contributed by atoms with Gasteiger partial charge in [0.05, 0.1) is 12.7 Å². The third-order valence-electron chi connectivity index (χ3n) is 3.35. The summed E-state index contributed by atoms with van der Waals surface area (Å²) in [6, 6.07) is 11.8. The van der Waals surface area contributed by atoms with E-state index in [-0.39, 0.29) is 5.97 Å². The fourth-order valence-electron chi connectivity index (χ4n) is 2.12. The Kier molecular flexibility index (Phi) is 5.02. The Morgan fingerprint density at radius 1 is 1.14 bits per heavy atom. The number of nitrogens with one attached hydrogen (secondary N) is 1. The lowest BCUT2D eigenvalue weighted by atomic mass is 10.1. The first kappa shape index (κ1) is 15.6. The molecule has 0 saturated carbocycles. The van der Waals surface area contributed by atoms with Crippen LogP contribution in [-0.2, 0) is 11.3 Å². The monoisotopic (exact) mass is 347 g/mol. The Balaban J connectivity index is 2.09. The van der Waals surface area contributed by atoms with Crippen LogP contribution < -0.4 is 5.32 Å². The standard InChI is InChI=1S/C17H18BrNO2/c1-11-8-13(4-6-15(11)18)10-19-16-7-5-14(9-12(16)2)17(20)21-3/h4-9,19H,10H2,1-3H3. The third kappa shape index (κ3) is 3.85. The molecule has 2 aromatic carbocycles. The largest absolute Gasteiger partial charge is 0.465 e. The molecule has 2 rings (SSSR count). The van der Waals surface area contributed by atoms with E-state index in [1.807, 2.05) is 19.1 Å². The van der Waals surface area contributed by atoms with Gasteiger partial charge in [0.15, 0.2) is 0 Å². The topological polar surface area (TPSA) is 38.3 Å². The zero-order chi connectivity index (χ0) is 15.4. The highest BCUT2D eigenvalue weighted by molar-refractivity contribution is 9.10. The van der Waals surface area contributed by atoms with Gasteiger partial charge in [-0.15, -0.1) is 0 Å². The van der Waals surface area contributed by atoms with E-state index in [9.17, 15) is 4.79 Å². The lowest BCUT2D eigenvalue weighted by molar-refractivity contribution is 0.0600. The van der Waals surface area contributed by atoms with Crippen LogP contribution in [-0.4, -0.2) is 13.1 Å². The first-order valence-corrected chi connectivity index (χ1v) is 7.48. The number of hydrogen-bond acceptors (Lipinski definition) is 3. The molecule has 0 bridgehead atoms. The van der Waals surface area contributed by atoms with Gasteiger partial charge in [-0.25, -0.2) is 4.79 Å². The maximum atomic E-state index is 11.5. The van der Waals surface area contributed by atoms with Crippen molar-refractivity contribution in [2.75, 3.05) is 12.4 Å². The smallest absolute Gasteiger partial charge is 0.337 e. The number of halogens is 1. The van der Waals surface area contributed by atoms with Gasteiger partial charge in [-0.05, 0) is 54.8 Å². The first-order valence-electron chi connectivity index (χ1n) is 6.69. The molecule has 0 amide bonds. The molecule has 0 spiro atoms. The van der Waals surface area contributed by atoms with E-state index in [4.69, 9.17) is 4.74 Å². The van der Waals surface area contributed by atoms with Gasteiger partial charge in [0, 0.05) is 16.7 Å². The van der Waals surface area contributed by atoms with Crippen molar-refractivity contribution in [2.24, 2.45) is 0 Å². The van der Waals surface area contributed by atoms with Crippen molar-refractivity contribution in [3.63, 3.8) is 0 Å². The number of carbonyl (C=O) groups is 1. The van der Waals surface area contributed by atoms with Crippen molar-refractivity contribution in [1.82, 2.24) is 0 Å². The van der Waals surface area contributed by atoms with Gasteiger partial charge in [0.25, 0.3) is 0 Å². The molecule has 3 nitrogen and oxygen atoms in total. The minimum atomic E-state index is -0.312. The number of esters is 1. The van der Waals surface area contributed by atoms with Crippen LogP contribution in [0.15, 0.2) is 40.9 Å². The maximum Gasteiger partial charge on any atom is 0.337 e. The second kappa shape index (κ2) is 6.76. The van der Waals surface area contributed by atoms with E-state index in [1.165, 1.54) is 18.2 Å². The molecule has 0 fully saturated rings. The van der Waals surface area contributed by atoms with Gasteiger partial charge in [0.1, 0.15) is 0 Å². The lowest BCUT2D eigenvalue weighted by Crippen LogP contribution is -2.05. The molecule has 0 radical (unpaired) electrons. The van der Waals surface area contributed by atoms with Crippen molar-refractivity contribution >= 4 is 27.6 Å². The predicted octanol–water partition coefficient (Wildman–Crippen LogP) is 4.46. The fraction of sp³-hybridized carbons (Fsp3) is 0.235. The molecular formula is C17H18BrNO2. The lowest BCUT2D eigenvalue weighted by Gasteiger charge is -2.11. The van der Waals surface area contributed by atoms with Gasteiger partial charge >= 0.3 is 5.97 Å². The van der Waals surface area contributed by atoms with Gasteiger partial charge < -0.3 is 10.1 Å². The number of carbonyl (C=O) groups excluding carboxylic acids is 1. The quantitative estimate of drug-likeness (QED) is 0.829. The molecule has 0 heterocycles. The minimum absolute atomic E-state index is 0.312. The number of ether oxygens (including phenoxy) is 1. The maximum absolute atomic E-state index is 11.5. The summed E-state index contributed by atoms with van der Waals surface area (Å²) in [7, 11) is 1.39. The Hall–Kier alpha value is -1.81. The van der Waals surface area contributed by atoms with Crippen LogP contribution in [0.25, 0.3) is 0 Å². The molecule has 0 aliphatic carbocycles. The summed E-state index contributed by atoms with van der Waals surface area (Å²) in [5.74, 6) is -0.312. The van der Waals surface area contributed by atoms with Crippen LogP contribution in [0.5, 0.6) is 0 Å². The average molecular weight is 348 g/mol. The summed E-state index contributed by atoms with van der Waals surface area (Å²) < 4.78 is 5.84. The Labute approximate surface area is 133 Å². The van der Waals surface area contributed by atoms with Gasteiger partial charge in [-0.2, -0.15) is 0 Å². The summed E-state index contributed by atoms with van der Waals surface area (Å²) in [6.45, 7) is 4.79. The molecular weight excluding hydrogens is 330 g/mol. The predicted molar refractivity (Wildman–Crippen MR) is 88.7 cm³/mol. The molecule has 0 aromatic heterocycles. The molecule has 0 atom stereocenters. The molecule has 2 aromatic rings. The highest BCUT2D eigenvalue weighted by Gasteiger charge is 2.07. The van der Waals surface area contributed by atoms with E-state index in [0.29, 0.717) is 5.56 Å². The van der Waals surface area contributed by atoms with E-state index >= 15 is 0 Å². The van der Waals surface area contributed by atoms with Crippen molar-refractivity contribution in [3.05, 3.63) is 63.1 Å². The van der Waals surface area contributed by atoms with Crippen LogP contribution in [0, 0.1) is 13.8 Å². The highest BCUT2D eigenvalue weighted by Crippen LogP contribution is 2.20. The number of aryl methyl sites for hydroxylation is 2. The van der Waals surface area contributed by atoms with Crippen LogP contribution in [0.3, 0.4) is 0 Å². The molecule has 4 heteroatoms. The zero-order valence-corrected chi connectivity index (χ0v) is 14.0. The molecule has 0 aliphatic heterocycles. The third-order valence-corrected chi connectivity index (χ3v) is 4.24. The summed E-state index contributed by atoms with van der Waals surface area (Å²) in [6.07, 6.45) is 0. The van der Waals surface area contributed by atoms with E-state index in [2.05, 4.69) is 46.4 Å². The van der Waals surface area contributed by atoms with Gasteiger partial charge in [0.2, 0.25) is 0 Å². The second-order valence-corrected chi connectivity index (χ2v) is 5.81. The Morgan fingerprint density at radius 2 is 1.90 bits per heavy atom. The summed E-state index contributed by atoms with van der Waals surface area (Å²) >= 11 is 3.50. The summed E-state index contributed by atoms with van der Waals surface area (Å²) in [4.78, 5) is 11.5. The number of methoxy groups -OCH3 is 1. The molecule has 0 saturated heterocycles. The number of rotatable bonds is 4. The molecule has 0 unspecified atom stereocenters. The van der Waals surface area contributed by atoms with Crippen LogP contribution in [0.2, 0.25) is 0 Å². The van der Waals surface area contributed by atoms with Gasteiger partial charge in [-0.1, -0.05) is 28.1 Å². The molecule has 1 N–H and O–H groups in total. The summed E-state index contributed by atoms with van der Waals surface area (Å²) in [5.41, 5.74) is 5.04. The zero-order valence-electron chi connectivity index (χ0n) is 12.4. The SMILES string of the molecule is COC(=O)c1ccc(NCc2ccc(Br)c(C)c2)c(C)c1. The van der Waals surface area contributed by atoms with Crippen LogP contribution >= 0.6 is 15.9 Å². The summed E-state index contributed by atoms with van der Waals surface area (Å²) in [5, 5.41) is 3.39. The molecule has 110 valence electrons.